The van der Waals surface area contributed by atoms with Gasteiger partial charge in [0.15, 0.2) is 0 Å². The first-order valence-corrected chi connectivity index (χ1v) is 9.01. The molecule has 2 atom stereocenters. The summed E-state index contributed by atoms with van der Waals surface area (Å²) in [7, 11) is 1.62. The molecule has 1 aliphatic heterocycles. The van der Waals surface area contributed by atoms with E-state index < -0.39 is 5.60 Å². The molecule has 140 valence electrons. The number of rotatable bonds is 5. The second-order valence-electron chi connectivity index (χ2n) is 7.21. The van der Waals surface area contributed by atoms with Crippen molar-refractivity contribution in [2.75, 3.05) is 13.7 Å². The van der Waals surface area contributed by atoms with Crippen molar-refractivity contribution >= 4 is 5.91 Å². The van der Waals surface area contributed by atoms with Gasteiger partial charge in [0.1, 0.15) is 11.4 Å². The molecule has 0 bridgehead atoms. The van der Waals surface area contributed by atoms with Crippen molar-refractivity contribution in [1.82, 2.24) is 15.1 Å². The topological polar surface area (TPSA) is 78.5 Å². The van der Waals surface area contributed by atoms with E-state index in [0.717, 1.165) is 41.1 Å². The van der Waals surface area contributed by atoms with Gasteiger partial charge < -0.3 is 14.7 Å². The maximum absolute atomic E-state index is 13.0. The molecule has 1 aromatic heterocycles. The highest BCUT2D eigenvalue weighted by Gasteiger charge is 2.42. The zero-order valence-corrected chi connectivity index (χ0v) is 15.9. The van der Waals surface area contributed by atoms with Gasteiger partial charge in [0.05, 0.1) is 25.3 Å². The summed E-state index contributed by atoms with van der Waals surface area (Å²) in [4.78, 5) is 14.8. The van der Waals surface area contributed by atoms with Crippen molar-refractivity contribution < 1.29 is 14.6 Å². The Morgan fingerprint density at radius 2 is 2.08 bits per heavy atom. The van der Waals surface area contributed by atoms with E-state index in [1.54, 1.807) is 14.0 Å². The van der Waals surface area contributed by atoms with Crippen LogP contribution in [0.5, 0.6) is 5.75 Å². The number of aromatic nitrogens is 2. The fourth-order valence-electron chi connectivity index (χ4n) is 3.86. The molecule has 0 saturated carbocycles. The van der Waals surface area contributed by atoms with E-state index >= 15 is 0 Å². The Kier molecular flexibility index (Phi) is 5.05. The number of benzene rings is 1. The van der Waals surface area contributed by atoms with Gasteiger partial charge in [-0.3, -0.25) is 9.89 Å². The molecule has 0 aliphatic carbocycles. The number of nitrogens with zero attached hydrogens (tertiary/aromatic N) is 2. The standard InChI is InChI=1S/C20H27N3O3/c1-13-17(14(2)22-21-13)12-19(24)23-11-5-6-18(23)20(3,25)15-7-9-16(26-4)10-8-15/h7-10,18,25H,5-6,11-12H2,1-4H3,(H,21,22)/t18-,20+/m0/s1. The molecule has 1 saturated heterocycles. The van der Waals surface area contributed by atoms with Crippen LogP contribution in [-0.4, -0.2) is 45.8 Å². The maximum Gasteiger partial charge on any atom is 0.227 e. The summed E-state index contributed by atoms with van der Waals surface area (Å²) in [5.74, 6) is 0.781. The normalized spacial score (nSPS) is 19.4. The number of hydrogen-bond acceptors (Lipinski definition) is 4. The zero-order valence-electron chi connectivity index (χ0n) is 15.9. The molecule has 6 heteroatoms. The van der Waals surface area contributed by atoms with Crippen LogP contribution < -0.4 is 4.74 Å². The zero-order chi connectivity index (χ0) is 18.9. The molecule has 2 aromatic rings. The lowest BCUT2D eigenvalue weighted by Gasteiger charge is -2.37. The maximum atomic E-state index is 13.0. The van der Waals surface area contributed by atoms with E-state index in [0.29, 0.717) is 13.0 Å². The van der Waals surface area contributed by atoms with Crippen LogP contribution in [0.4, 0.5) is 0 Å². The van der Waals surface area contributed by atoms with Crippen LogP contribution in [0.25, 0.3) is 0 Å². The molecule has 1 amide bonds. The fraction of sp³-hybridized carbons (Fsp3) is 0.500. The summed E-state index contributed by atoms with van der Waals surface area (Å²) in [5, 5.41) is 18.4. The Balaban J connectivity index is 1.81. The van der Waals surface area contributed by atoms with Crippen LogP contribution >= 0.6 is 0 Å². The van der Waals surface area contributed by atoms with Crippen LogP contribution in [0.3, 0.4) is 0 Å². The van der Waals surface area contributed by atoms with E-state index in [-0.39, 0.29) is 11.9 Å². The number of carbonyl (C=O) groups excluding carboxylic acids is 1. The number of nitrogens with one attached hydrogen (secondary N) is 1. The minimum Gasteiger partial charge on any atom is -0.497 e. The van der Waals surface area contributed by atoms with Gasteiger partial charge in [-0.2, -0.15) is 5.10 Å². The van der Waals surface area contributed by atoms with Crippen molar-refractivity contribution in [3.8, 4) is 5.75 Å². The number of carbonyl (C=O) groups is 1. The first-order valence-electron chi connectivity index (χ1n) is 9.01. The Morgan fingerprint density at radius 1 is 1.38 bits per heavy atom. The average molecular weight is 357 g/mol. The van der Waals surface area contributed by atoms with E-state index in [1.165, 1.54) is 0 Å². The molecule has 1 aliphatic rings. The molecule has 3 rings (SSSR count). The molecule has 6 nitrogen and oxygen atoms in total. The predicted molar refractivity (Wildman–Crippen MR) is 99.1 cm³/mol. The molecular formula is C20H27N3O3. The number of H-pyrrole nitrogens is 1. The summed E-state index contributed by atoms with van der Waals surface area (Å²) in [6.07, 6.45) is 1.99. The van der Waals surface area contributed by atoms with Gasteiger partial charge in [-0.15, -0.1) is 0 Å². The number of aromatic amines is 1. The lowest BCUT2D eigenvalue weighted by Crippen LogP contribution is -2.48. The number of methoxy groups -OCH3 is 1. The highest BCUT2D eigenvalue weighted by molar-refractivity contribution is 5.80. The quantitative estimate of drug-likeness (QED) is 0.862. The molecule has 0 unspecified atom stereocenters. The van der Waals surface area contributed by atoms with Crippen molar-refractivity contribution in [2.45, 2.75) is 51.7 Å². The number of aryl methyl sites for hydroxylation is 2. The van der Waals surface area contributed by atoms with Gasteiger partial charge in [0.25, 0.3) is 0 Å². The first kappa shape index (κ1) is 18.5. The number of amides is 1. The highest BCUT2D eigenvalue weighted by atomic mass is 16.5. The molecule has 2 N–H and O–H groups in total. The molecule has 0 radical (unpaired) electrons. The molecule has 0 spiro atoms. The molecule has 2 heterocycles. The van der Waals surface area contributed by atoms with Crippen LogP contribution in [0, 0.1) is 13.8 Å². The summed E-state index contributed by atoms with van der Waals surface area (Å²) in [6.45, 7) is 6.30. The predicted octanol–water partition coefficient (Wildman–Crippen LogP) is 2.48. The summed E-state index contributed by atoms with van der Waals surface area (Å²) >= 11 is 0. The molecule has 1 fully saturated rings. The Bertz CT molecular complexity index is 761. The largest absolute Gasteiger partial charge is 0.497 e. The Hall–Kier alpha value is -2.34. The SMILES string of the molecule is COc1ccc([C@@](C)(O)[C@@H]2CCCN2C(=O)Cc2c(C)n[nH]c2C)cc1. The third-order valence-corrected chi connectivity index (χ3v) is 5.51. The third-order valence-electron chi connectivity index (χ3n) is 5.51. The average Bonchev–Trinajstić information content (AvgIpc) is 3.24. The van der Waals surface area contributed by atoms with Crippen LogP contribution in [0.2, 0.25) is 0 Å². The van der Waals surface area contributed by atoms with Gasteiger partial charge in [0.2, 0.25) is 5.91 Å². The van der Waals surface area contributed by atoms with Gasteiger partial charge in [-0.1, -0.05) is 12.1 Å². The van der Waals surface area contributed by atoms with Crippen LogP contribution in [0.1, 0.15) is 42.3 Å². The smallest absolute Gasteiger partial charge is 0.227 e. The third kappa shape index (κ3) is 3.33. The minimum absolute atomic E-state index is 0.0360. The van der Waals surface area contributed by atoms with E-state index in [1.807, 2.05) is 43.0 Å². The molecular weight excluding hydrogens is 330 g/mol. The van der Waals surface area contributed by atoms with Crippen LogP contribution in [-0.2, 0) is 16.8 Å². The fourth-order valence-corrected chi connectivity index (χ4v) is 3.86. The van der Waals surface area contributed by atoms with Crippen molar-refractivity contribution in [3.05, 3.63) is 46.8 Å². The van der Waals surface area contributed by atoms with Crippen LogP contribution in [0.15, 0.2) is 24.3 Å². The summed E-state index contributed by atoms with van der Waals surface area (Å²) < 4.78 is 5.19. The number of ether oxygens (including phenoxy) is 1. The Morgan fingerprint density at radius 3 is 2.65 bits per heavy atom. The molecule has 1 aromatic carbocycles. The van der Waals surface area contributed by atoms with Crippen molar-refractivity contribution in [3.63, 3.8) is 0 Å². The highest BCUT2D eigenvalue weighted by Crippen LogP contribution is 2.35. The second-order valence-corrected chi connectivity index (χ2v) is 7.21. The van der Waals surface area contributed by atoms with Crippen molar-refractivity contribution in [1.29, 1.82) is 0 Å². The first-order chi connectivity index (χ1) is 12.3. The number of hydrogen-bond donors (Lipinski definition) is 2. The lowest BCUT2D eigenvalue weighted by molar-refractivity contribution is -0.137. The lowest BCUT2D eigenvalue weighted by atomic mass is 9.86. The minimum atomic E-state index is -1.11. The second kappa shape index (κ2) is 7.11. The number of aliphatic hydroxyl groups is 1. The van der Waals surface area contributed by atoms with Gasteiger partial charge >= 0.3 is 0 Å². The summed E-state index contributed by atoms with van der Waals surface area (Å²) in [6, 6.07) is 7.16. The number of likely N-dealkylation sites (tertiary alicyclic amines) is 1. The van der Waals surface area contributed by atoms with Gasteiger partial charge in [-0.05, 0) is 51.3 Å². The van der Waals surface area contributed by atoms with Gasteiger partial charge in [0, 0.05) is 17.8 Å². The monoisotopic (exact) mass is 357 g/mol. The molecule has 26 heavy (non-hydrogen) atoms. The van der Waals surface area contributed by atoms with E-state index in [2.05, 4.69) is 10.2 Å². The summed E-state index contributed by atoms with van der Waals surface area (Å²) in [5.41, 5.74) is 2.41. The van der Waals surface area contributed by atoms with E-state index in [4.69, 9.17) is 4.74 Å². The Labute approximate surface area is 154 Å². The van der Waals surface area contributed by atoms with Crippen molar-refractivity contribution in [2.24, 2.45) is 0 Å². The van der Waals surface area contributed by atoms with E-state index in [9.17, 15) is 9.90 Å². The van der Waals surface area contributed by atoms with Gasteiger partial charge in [-0.25, -0.2) is 0 Å².